The van der Waals surface area contributed by atoms with E-state index in [9.17, 15) is 9.18 Å². The lowest BCUT2D eigenvalue weighted by Crippen LogP contribution is -2.30. The van der Waals surface area contributed by atoms with Crippen LogP contribution >= 0.6 is 0 Å². The molecular weight excluding hydrogens is 315 g/mol. The number of hydrogen-bond donors (Lipinski definition) is 0. The van der Waals surface area contributed by atoms with Gasteiger partial charge >= 0.3 is 0 Å². The van der Waals surface area contributed by atoms with Gasteiger partial charge in [0.15, 0.2) is 0 Å². The number of hydrogen-bond acceptors (Lipinski definition) is 1. The summed E-state index contributed by atoms with van der Waals surface area (Å²) in [4.78, 5) is 14.5. The van der Waals surface area contributed by atoms with Crippen LogP contribution in [0.15, 0.2) is 54.6 Å². The Morgan fingerprint density at radius 3 is 2.80 bits per heavy atom. The Morgan fingerprint density at radius 1 is 1.16 bits per heavy atom. The predicted octanol–water partition coefficient (Wildman–Crippen LogP) is 3.88. The minimum atomic E-state index is -0.292. The van der Waals surface area contributed by atoms with E-state index in [4.69, 9.17) is 0 Å². The highest BCUT2D eigenvalue weighted by Crippen LogP contribution is 2.31. The second-order valence-electron chi connectivity index (χ2n) is 6.82. The van der Waals surface area contributed by atoms with Gasteiger partial charge < -0.3 is 9.47 Å². The number of likely N-dealkylation sites (tertiary alicyclic amines) is 1. The Kier molecular flexibility index (Phi) is 4.04. The molecule has 1 aromatic heterocycles. The number of aromatic nitrogens is 1. The number of para-hydroxylation sites is 1. The molecule has 0 saturated carbocycles. The molecule has 128 valence electrons. The SMILES string of the molecule is Cn1c(C2CCN(C(=O)Cc3cccc(F)c3)C2)cc2ccccc21. The fourth-order valence-corrected chi connectivity index (χ4v) is 3.86. The Balaban J connectivity index is 1.49. The number of carbonyl (C=O) groups is 1. The molecule has 0 N–H and O–H groups in total. The van der Waals surface area contributed by atoms with Gasteiger partial charge in [0.25, 0.3) is 0 Å². The largest absolute Gasteiger partial charge is 0.347 e. The van der Waals surface area contributed by atoms with Crippen molar-refractivity contribution < 1.29 is 9.18 Å². The van der Waals surface area contributed by atoms with E-state index >= 15 is 0 Å². The zero-order chi connectivity index (χ0) is 17.4. The van der Waals surface area contributed by atoms with Crippen LogP contribution in [0.2, 0.25) is 0 Å². The van der Waals surface area contributed by atoms with Crippen LogP contribution in [0.3, 0.4) is 0 Å². The van der Waals surface area contributed by atoms with Crippen molar-refractivity contribution in [3.63, 3.8) is 0 Å². The first-order valence-corrected chi connectivity index (χ1v) is 8.68. The first-order valence-electron chi connectivity index (χ1n) is 8.68. The molecule has 4 heteroatoms. The van der Waals surface area contributed by atoms with Crippen molar-refractivity contribution in [3.8, 4) is 0 Å². The normalized spacial score (nSPS) is 17.4. The maximum Gasteiger partial charge on any atom is 0.227 e. The summed E-state index contributed by atoms with van der Waals surface area (Å²) in [5.74, 6) is 0.140. The molecule has 1 atom stereocenters. The van der Waals surface area contributed by atoms with Gasteiger partial charge in [0.1, 0.15) is 5.82 Å². The summed E-state index contributed by atoms with van der Waals surface area (Å²) in [6.07, 6.45) is 1.23. The zero-order valence-electron chi connectivity index (χ0n) is 14.3. The lowest BCUT2D eigenvalue weighted by atomic mass is 10.0. The standard InChI is InChI=1S/C21H21FN2O/c1-23-19-8-3-2-6-16(19)13-20(23)17-9-10-24(14-17)21(25)12-15-5-4-7-18(22)11-15/h2-8,11,13,17H,9-10,12,14H2,1H3. The molecule has 3 aromatic rings. The monoisotopic (exact) mass is 336 g/mol. The molecule has 4 rings (SSSR count). The Labute approximate surface area is 146 Å². The highest BCUT2D eigenvalue weighted by molar-refractivity contribution is 5.82. The van der Waals surface area contributed by atoms with E-state index < -0.39 is 0 Å². The average molecular weight is 336 g/mol. The number of carbonyl (C=O) groups excluding carboxylic acids is 1. The number of benzene rings is 2. The fraction of sp³-hybridized carbons (Fsp3) is 0.286. The lowest BCUT2D eigenvalue weighted by molar-refractivity contribution is -0.129. The van der Waals surface area contributed by atoms with Gasteiger partial charge in [-0.3, -0.25) is 4.79 Å². The van der Waals surface area contributed by atoms with E-state index in [-0.39, 0.29) is 18.1 Å². The minimum Gasteiger partial charge on any atom is -0.347 e. The van der Waals surface area contributed by atoms with Gasteiger partial charge in [0.2, 0.25) is 5.91 Å². The summed E-state index contributed by atoms with van der Waals surface area (Å²) in [5, 5.41) is 1.24. The van der Waals surface area contributed by atoms with E-state index in [1.807, 2.05) is 4.90 Å². The van der Waals surface area contributed by atoms with Crippen molar-refractivity contribution in [2.24, 2.45) is 7.05 Å². The Hall–Kier alpha value is -2.62. The third-order valence-corrected chi connectivity index (χ3v) is 5.19. The number of fused-ring (bicyclic) bond motifs is 1. The van der Waals surface area contributed by atoms with Crippen LogP contribution < -0.4 is 0 Å². The maximum absolute atomic E-state index is 13.3. The van der Waals surface area contributed by atoms with Crippen LogP contribution in [0, 0.1) is 5.82 Å². The summed E-state index contributed by atoms with van der Waals surface area (Å²) < 4.78 is 15.5. The van der Waals surface area contributed by atoms with Crippen LogP contribution in [0.4, 0.5) is 4.39 Å². The summed E-state index contributed by atoms with van der Waals surface area (Å²) in [6.45, 7) is 1.50. The maximum atomic E-state index is 13.3. The van der Waals surface area contributed by atoms with Crippen molar-refractivity contribution in [3.05, 3.63) is 71.7 Å². The third kappa shape index (κ3) is 3.04. The van der Waals surface area contributed by atoms with Crippen LogP contribution in [0.5, 0.6) is 0 Å². The van der Waals surface area contributed by atoms with E-state index in [0.29, 0.717) is 5.92 Å². The molecule has 2 heterocycles. The summed E-state index contributed by atoms with van der Waals surface area (Å²) in [5.41, 5.74) is 3.24. The number of amides is 1. The predicted molar refractivity (Wildman–Crippen MR) is 97.0 cm³/mol. The van der Waals surface area contributed by atoms with E-state index in [0.717, 1.165) is 25.1 Å². The van der Waals surface area contributed by atoms with Crippen LogP contribution in [0.1, 0.15) is 23.6 Å². The van der Waals surface area contributed by atoms with Crippen LogP contribution in [0.25, 0.3) is 10.9 Å². The minimum absolute atomic E-state index is 0.0758. The van der Waals surface area contributed by atoms with Crippen molar-refractivity contribution in [1.82, 2.24) is 9.47 Å². The van der Waals surface area contributed by atoms with Gasteiger partial charge in [-0.15, -0.1) is 0 Å². The molecule has 1 unspecified atom stereocenters. The molecule has 0 radical (unpaired) electrons. The molecule has 25 heavy (non-hydrogen) atoms. The van der Waals surface area contributed by atoms with E-state index in [1.54, 1.807) is 12.1 Å². The molecular formula is C21H21FN2O. The van der Waals surface area contributed by atoms with Crippen LogP contribution in [-0.4, -0.2) is 28.5 Å². The first-order chi connectivity index (χ1) is 12.1. The van der Waals surface area contributed by atoms with Crippen molar-refractivity contribution in [2.75, 3.05) is 13.1 Å². The average Bonchev–Trinajstić information content (AvgIpc) is 3.20. The second kappa shape index (κ2) is 6.36. The van der Waals surface area contributed by atoms with Gasteiger partial charge in [-0.1, -0.05) is 30.3 Å². The van der Waals surface area contributed by atoms with E-state index in [2.05, 4.69) is 41.9 Å². The highest BCUT2D eigenvalue weighted by atomic mass is 19.1. The molecule has 1 amide bonds. The molecule has 0 bridgehead atoms. The lowest BCUT2D eigenvalue weighted by Gasteiger charge is -2.17. The number of aryl methyl sites for hydroxylation is 1. The fourth-order valence-electron chi connectivity index (χ4n) is 3.86. The van der Waals surface area contributed by atoms with Gasteiger partial charge in [0, 0.05) is 37.3 Å². The van der Waals surface area contributed by atoms with Crippen LogP contribution in [-0.2, 0) is 18.3 Å². The van der Waals surface area contributed by atoms with Gasteiger partial charge in [-0.05, 0) is 41.6 Å². The van der Waals surface area contributed by atoms with Crippen molar-refractivity contribution in [1.29, 1.82) is 0 Å². The molecule has 3 nitrogen and oxygen atoms in total. The Bertz CT molecular complexity index is 931. The summed E-state index contributed by atoms with van der Waals surface area (Å²) in [7, 11) is 2.09. The summed E-state index contributed by atoms with van der Waals surface area (Å²) in [6, 6.07) is 16.9. The molecule has 0 spiro atoms. The molecule has 1 saturated heterocycles. The zero-order valence-corrected chi connectivity index (χ0v) is 14.3. The molecule has 1 aliphatic heterocycles. The number of halogens is 1. The van der Waals surface area contributed by atoms with Gasteiger partial charge in [-0.25, -0.2) is 4.39 Å². The topological polar surface area (TPSA) is 25.2 Å². The van der Waals surface area contributed by atoms with Crippen molar-refractivity contribution in [2.45, 2.75) is 18.8 Å². The van der Waals surface area contributed by atoms with E-state index in [1.165, 1.54) is 28.7 Å². The third-order valence-electron chi connectivity index (χ3n) is 5.19. The molecule has 1 aliphatic rings. The second-order valence-corrected chi connectivity index (χ2v) is 6.82. The molecule has 1 fully saturated rings. The molecule has 2 aromatic carbocycles. The van der Waals surface area contributed by atoms with Crippen molar-refractivity contribution >= 4 is 16.8 Å². The quantitative estimate of drug-likeness (QED) is 0.713. The van der Waals surface area contributed by atoms with Gasteiger partial charge in [-0.2, -0.15) is 0 Å². The smallest absolute Gasteiger partial charge is 0.227 e. The highest BCUT2D eigenvalue weighted by Gasteiger charge is 2.29. The molecule has 0 aliphatic carbocycles. The Morgan fingerprint density at radius 2 is 2.00 bits per heavy atom. The number of nitrogens with zero attached hydrogens (tertiary/aromatic N) is 2. The van der Waals surface area contributed by atoms with Gasteiger partial charge in [0.05, 0.1) is 6.42 Å². The first kappa shape index (κ1) is 15.9. The summed E-state index contributed by atoms with van der Waals surface area (Å²) >= 11 is 0. The number of rotatable bonds is 3.